The van der Waals surface area contributed by atoms with E-state index in [1.165, 1.54) is 5.56 Å². The molecule has 1 amide bonds. The minimum atomic E-state index is -5.77. The topological polar surface area (TPSA) is 125 Å². The molecule has 0 aliphatic heterocycles. The lowest BCUT2D eigenvalue weighted by Gasteiger charge is -2.16. The predicted octanol–water partition coefficient (Wildman–Crippen LogP) is 6.54. The second kappa shape index (κ2) is 16.3. The molecule has 0 saturated heterocycles. The molecular formula is C34H29F7N4O3. The average molecular weight is 675 g/mol. The van der Waals surface area contributed by atoms with Crippen molar-refractivity contribution in [3.63, 3.8) is 0 Å². The van der Waals surface area contributed by atoms with Crippen LogP contribution < -0.4 is 16.4 Å². The first-order valence-corrected chi connectivity index (χ1v) is 14.1. The molecule has 252 valence electrons. The van der Waals surface area contributed by atoms with Crippen LogP contribution in [-0.4, -0.2) is 42.2 Å². The third kappa shape index (κ3) is 10.8. The quantitative estimate of drug-likeness (QED) is 0.0623. The Kier molecular flexibility index (Phi) is 12.6. The van der Waals surface area contributed by atoms with Crippen molar-refractivity contribution in [3.05, 3.63) is 125 Å². The van der Waals surface area contributed by atoms with E-state index < -0.39 is 29.7 Å². The maximum atomic E-state index is 15.7. The fourth-order valence-electron chi connectivity index (χ4n) is 4.29. The fraction of sp³-hybridized carbons (Fsp3) is 0.176. The number of nitrogens with one attached hydrogen (secondary N) is 3. The van der Waals surface area contributed by atoms with Crippen molar-refractivity contribution in [3.8, 4) is 11.1 Å². The van der Waals surface area contributed by atoms with E-state index in [9.17, 15) is 40.7 Å². The molecule has 14 heteroatoms. The van der Waals surface area contributed by atoms with Crippen LogP contribution in [0, 0.1) is 11.2 Å². The summed E-state index contributed by atoms with van der Waals surface area (Å²) >= 11 is 0. The Labute approximate surface area is 270 Å². The van der Waals surface area contributed by atoms with Gasteiger partial charge in [-0.25, -0.2) is 4.39 Å². The Morgan fingerprint density at radius 2 is 1.25 bits per heavy atom. The maximum absolute atomic E-state index is 15.7. The van der Waals surface area contributed by atoms with Gasteiger partial charge in [0.05, 0.1) is 12.1 Å². The van der Waals surface area contributed by atoms with Gasteiger partial charge in [-0.3, -0.25) is 19.8 Å². The Bertz CT molecular complexity index is 1700. The fourth-order valence-corrected chi connectivity index (χ4v) is 4.29. The van der Waals surface area contributed by atoms with Gasteiger partial charge in [-0.15, -0.1) is 0 Å². The third-order valence-electron chi connectivity index (χ3n) is 6.71. The summed E-state index contributed by atoms with van der Waals surface area (Å²) in [6.07, 6.45) is -10.9. The number of anilines is 1. The number of ketones is 2. The second-order valence-corrected chi connectivity index (χ2v) is 10.2. The summed E-state index contributed by atoms with van der Waals surface area (Å²) < 4.78 is 82.7. The zero-order valence-corrected chi connectivity index (χ0v) is 25.0. The lowest BCUT2D eigenvalue weighted by atomic mass is 9.96. The van der Waals surface area contributed by atoms with Crippen LogP contribution >= 0.6 is 0 Å². The first-order valence-electron chi connectivity index (χ1n) is 14.1. The van der Waals surface area contributed by atoms with Crippen LogP contribution in [0.15, 0.2) is 97.1 Å². The number of carbonyl (C=O) groups excluding carboxylic acids is 3. The second-order valence-electron chi connectivity index (χ2n) is 10.2. The van der Waals surface area contributed by atoms with Crippen LogP contribution in [0.25, 0.3) is 11.1 Å². The van der Waals surface area contributed by atoms with Gasteiger partial charge in [0, 0.05) is 24.2 Å². The first kappa shape index (κ1) is 36.9. The van der Waals surface area contributed by atoms with Crippen LogP contribution in [0.2, 0.25) is 0 Å². The molecular weight excluding hydrogens is 645 g/mol. The molecule has 4 rings (SSSR count). The Morgan fingerprint density at radius 3 is 1.77 bits per heavy atom. The first-order chi connectivity index (χ1) is 22.6. The lowest BCUT2D eigenvalue weighted by molar-refractivity contribution is -0.193. The Hall–Kier alpha value is -5.53. The van der Waals surface area contributed by atoms with Crippen molar-refractivity contribution in [2.24, 2.45) is 5.73 Å². The standard InChI is InChI=1S/C30H29FN4O.C4F6O2/c31-29-26(19-28(36)35-20-22-11-13-24(14-12-22)30(32)33)25(23-9-5-2-6-10-23)15-16-27(29)34-18-17-21-7-3-1-4-8-21;5-3(6,7)1(11)2(12)4(8,9)10/h1-16,34H,17-20H2,(H3,32,33)(H,35,36);. The highest BCUT2D eigenvalue weighted by molar-refractivity contribution is 6.41. The normalized spacial score (nSPS) is 11.1. The summed E-state index contributed by atoms with van der Waals surface area (Å²) in [5, 5.41) is 13.5. The minimum Gasteiger partial charge on any atom is -0.384 e. The van der Waals surface area contributed by atoms with Crippen molar-refractivity contribution in [2.45, 2.75) is 31.7 Å². The van der Waals surface area contributed by atoms with Crippen LogP contribution in [-0.2, 0) is 33.8 Å². The summed E-state index contributed by atoms with van der Waals surface area (Å²) in [6.45, 7) is 0.877. The van der Waals surface area contributed by atoms with Crippen LogP contribution in [0.1, 0.15) is 22.3 Å². The average Bonchev–Trinajstić information content (AvgIpc) is 3.05. The van der Waals surface area contributed by atoms with Crippen molar-refractivity contribution in [1.29, 1.82) is 5.41 Å². The number of halogens is 7. The summed E-state index contributed by atoms with van der Waals surface area (Å²) in [5.41, 5.74) is 10.4. The summed E-state index contributed by atoms with van der Waals surface area (Å²) in [4.78, 5) is 32.1. The smallest absolute Gasteiger partial charge is 0.384 e. The van der Waals surface area contributed by atoms with Gasteiger partial charge >= 0.3 is 23.9 Å². The van der Waals surface area contributed by atoms with Crippen molar-refractivity contribution in [2.75, 3.05) is 11.9 Å². The van der Waals surface area contributed by atoms with E-state index in [0.29, 0.717) is 35.5 Å². The van der Waals surface area contributed by atoms with Crippen LogP contribution in [0.5, 0.6) is 0 Å². The number of amidine groups is 1. The van der Waals surface area contributed by atoms with Gasteiger partial charge in [0.15, 0.2) is 5.82 Å². The molecule has 0 spiro atoms. The molecule has 4 aromatic rings. The number of hydrogen-bond acceptors (Lipinski definition) is 5. The molecule has 0 aliphatic rings. The zero-order valence-electron chi connectivity index (χ0n) is 25.0. The molecule has 7 nitrogen and oxygen atoms in total. The Balaban J connectivity index is 0.000000444. The van der Waals surface area contributed by atoms with E-state index in [2.05, 4.69) is 10.6 Å². The molecule has 0 unspecified atom stereocenters. The number of alkyl halides is 6. The highest BCUT2D eigenvalue weighted by Crippen LogP contribution is 2.31. The number of rotatable bonds is 11. The van der Waals surface area contributed by atoms with Gasteiger partial charge in [0.2, 0.25) is 5.91 Å². The van der Waals surface area contributed by atoms with E-state index in [0.717, 1.165) is 17.5 Å². The molecule has 0 saturated carbocycles. The third-order valence-corrected chi connectivity index (χ3v) is 6.71. The van der Waals surface area contributed by atoms with Gasteiger partial charge in [-0.2, -0.15) is 26.3 Å². The van der Waals surface area contributed by atoms with E-state index in [1.807, 2.05) is 78.9 Å². The van der Waals surface area contributed by atoms with Crippen LogP contribution in [0.3, 0.4) is 0 Å². The molecule has 0 bridgehead atoms. The number of hydrogen-bond donors (Lipinski definition) is 4. The van der Waals surface area contributed by atoms with E-state index in [-0.39, 0.29) is 18.2 Å². The molecule has 0 radical (unpaired) electrons. The van der Waals surface area contributed by atoms with Gasteiger partial charge < -0.3 is 16.4 Å². The Morgan fingerprint density at radius 1 is 0.708 bits per heavy atom. The summed E-state index contributed by atoms with van der Waals surface area (Å²) in [5.74, 6) is -7.51. The van der Waals surface area contributed by atoms with E-state index in [1.54, 1.807) is 18.2 Å². The summed E-state index contributed by atoms with van der Waals surface area (Å²) in [6, 6.07) is 30.2. The molecule has 0 heterocycles. The van der Waals surface area contributed by atoms with E-state index >= 15 is 4.39 Å². The number of nitrogen functional groups attached to an aromatic ring is 1. The SMILES string of the molecule is N=C(N)c1ccc(CNC(=O)Cc2c(-c3ccccc3)ccc(NCCc3ccccc3)c2F)cc1.O=C(C(=O)C(F)(F)F)C(F)(F)F. The molecule has 5 N–H and O–H groups in total. The molecule has 0 aliphatic carbocycles. The van der Waals surface area contributed by atoms with E-state index in [4.69, 9.17) is 11.1 Å². The zero-order chi connectivity index (χ0) is 35.5. The highest BCUT2D eigenvalue weighted by Gasteiger charge is 2.54. The number of Topliss-reactive ketones (excluding diaryl/α,β-unsaturated/α-hetero) is 2. The number of amides is 1. The molecule has 48 heavy (non-hydrogen) atoms. The highest BCUT2D eigenvalue weighted by atomic mass is 19.4. The van der Waals surface area contributed by atoms with Crippen LogP contribution in [0.4, 0.5) is 36.4 Å². The number of nitrogens with two attached hydrogens (primary N) is 1. The maximum Gasteiger partial charge on any atom is 0.458 e. The monoisotopic (exact) mass is 674 g/mol. The van der Waals surface area contributed by atoms with Gasteiger partial charge in [0.1, 0.15) is 5.84 Å². The van der Waals surface area contributed by atoms with Gasteiger partial charge in [-0.05, 0) is 34.7 Å². The minimum absolute atomic E-state index is 0.00763. The number of carbonyl (C=O) groups is 3. The summed E-state index contributed by atoms with van der Waals surface area (Å²) in [7, 11) is 0. The largest absolute Gasteiger partial charge is 0.458 e. The molecule has 0 aromatic heterocycles. The van der Waals surface area contributed by atoms with Gasteiger partial charge in [0.25, 0.3) is 0 Å². The van der Waals surface area contributed by atoms with Gasteiger partial charge in [-0.1, -0.05) is 91.0 Å². The van der Waals surface area contributed by atoms with Crippen molar-refractivity contribution >= 4 is 29.0 Å². The van der Waals surface area contributed by atoms with Crippen molar-refractivity contribution < 1.29 is 45.1 Å². The molecule has 0 atom stereocenters. The molecule has 0 fully saturated rings. The molecule has 4 aromatic carbocycles. The number of benzene rings is 4. The van der Waals surface area contributed by atoms with Crippen molar-refractivity contribution in [1.82, 2.24) is 5.32 Å². The predicted molar refractivity (Wildman–Crippen MR) is 166 cm³/mol. The lowest BCUT2D eigenvalue weighted by Crippen LogP contribution is -2.39.